The van der Waals surface area contributed by atoms with Gasteiger partial charge in [-0.1, -0.05) is 6.42 Å². The number of carbonyl (C=O) groups excluding carboxylic acids is 1. The average molecular weight is 222 g/mol. The number of nitrogens with zero attached hydrogens (tertiary/aromatic N) is 1. The Balaban J connectivity index is 2.59. The van der Waals surface area contributed by atoms with E-state index in [1.807, 2.05) is 4.72 Å². The molecule has 82 valence electrons. The Hall–Kier alpha value is -0.820. The van der Waals surface area contributed by atoms with Gasteiger partial charge < -0.3 is 4.74 Å². The second-order valence-corrected chi connectivity index (χ2v) is 4.73. The molecule has 1 aliphatic rings. The summed E-state index contributed by atoms with van der Waals surface area (Å²) in [6.07, 6.45) is 1.75. The fraction of sp³-hybridized carbons (Fsp3) is 0.857. The fourth-order valence-electron chi connectivity index (χ4n) is 1.32. The van der Waals surface area contributed by atoms with Crippen LogP contribution in [-0.2, 0) is 14.9 Å². The topological polar surface area (TPSA) is 75.7 Å². The third-order valence-electron chi connectivity index (χ3n) is 2.05. The molecule has 0 aromatic heterocycles. The SMILES string of the molecule is COC(=O)NS(=O)(=O)N1CCCCC1. The molecule has 0 aromatic rings. The van der Waals surface area contributed by atoms with Gasteiger partial charge in [-0.25, -0.2) is 9.52 Å². The van der Waals surface area contributed by atoms with Crippen LogP contribution in [-0.4, -0.2) is 39.0 Å². The number of piperidine rings is 1. The monoisotopic (exact) mass is 222 g/mol. The van der Waals surface area contributed by atoms with Crippen LogP contribution in [0.15, 0.2) is 0 Å². The van der Waals surface area contributed by atoms with Crippen molar-refractivity contribution in [3.05, 3.63) is 0 Å². The first-order valence-electron chi connectivity index (χ1n) is 4.42. The minimum Gasteiger partial charge on any atom is -0.452 e. The van der Waals surface area contributed by atoms with Crippen molar-refractivity contribution in [2.24, 2.45) is 0 Å². The Bertz CT molecular complexity index is 295. The molecule has 1 fully saturated rings. The Morgan fingerprint density at radius 1 is 1.29 bits per heavy atom. The van der Waals surface area contributed by atoms with Gasteiger partial charge >= 0.3 is 16.3 Å². The summed E-state index contributed by atoms with van der Waals surface area (Å²) < 4.78 is 30.2. The first-order valence-corrected chi connectivity index (χ1v) is 5.86. The second-order valence-electron chi connectivity index (χ2n) is 3.06. The molecule has 0 spiro atoms. The summed E-state index contributed by atoms with van der Waals surface area (Å²) in [7, 11) is -2.56. The molecule has 14 heavy (non-hydrogen) atoms. The number of nitrogens with one attached hydrogen (secondary N) is 1. The molecule has 1 amide bonds. The number of amides is 1. The van der Waals surface area contributed by atoms with Crippen LogP contribution in [0.25, 0.3) is 0 Å². The summed E-state index contributed by atoms with van der Waals surface area (Å²) in [4.78, 5) is 10.7. The van der Waals surface area contributed by atoms with Gasteiger partial charge in [0.1, 0.15) is 0 Å². The highest BCUT2D eigenvalue weighted by Crippen LogP contribution is 2.11. The van der Waals surface area contributed by atoms with Gasteiger partial charge in [0.2, 0.25) is 0 Å². The Labute approximate surface area is 83.4 Å². The quantitative estimate of drug-likeness (QED) is 0.717. The number of carbonyl (C=O) groups is 1. The van der Waals surface area contributed by atoms with E-state index in [4.69, 9.17) is 0 Å². The van der Waals surface area contributed by atoms with Gasteiger partial charge in [0.15, 0.2) is 0 Å². The lowest BCUT2D eigenvalue weighted by atomic mass is 10.2. The first-order chi connectivity index (χ1) is 6.56. The van der Waals surface area contributed by atoms with E-state index in [0.717, 1.165) is 26.4 Å². The maximum atomic E-state index is 11.5. The van der Waals surface area contributed by atoms with Crippen LogP contribution in [0.1, 0.15) is 19.3 Å². The van der Waals surface area contributed by atoms with Crippen LogP contribution in [0.3, 0.4) is 0 Å². The molecule has 0 aliphatic carbocycles. The standard InChI is InChI=1S/C7H14N2O4S/c1-13-7(10)8-14(11,12)9-5-3-2-4-6-9/h2-6H2,1H3,(H,8,10). The van der Waals surface area contributed by atoms with E-state index in [0.29, 0.717) is 13.1 Å². The molecule has 0 radical (unpaired) electrons. The lowest BCUT2D eigenvalue weighted by Gasteiger charge is -2.25. The zero-order valence-corrected chi connectivity index (χ0v) is 8.84. The second kappa shape index (κ2) is 4.61. The average Bonchev–Trinajstić information content (AvgIpc) is 2.18. The van der Waals surface area contributed by atoms with Crippen molar-refractivity contribution < 1.29 is 17.9 Å². The summed E-state index contributed by atoms with van der Waals surface area (Å²) in [6, 6.07) is 0. The van der Waals surface area contributed by atoms with E-state index in [2.05, 4.69) is 4.74 Å². The molecule has 0 saturated carbocycles. The van der Waals surface area contributed by atoms with Crippen molar-refractivity contribution in [1.82, 2.24) is 9.03 Å². The highest BCUT2D eigenvalue weighted by atomic mass is 32.2. The molecular formula is C7H14N2O4S. The number of hydrogen-bond donors (Lipinski definition) is 1. The summed E-state index contributed by atoms with van der Waals surface area (Å²) in [5.41, 5.74) is 0. The molecule has 0 atom stereocenters. The fourth-order valence-corrected chi connectivity index (χ4v) is 2.48. The van der Waals surface area contributed by atoms with Crippen LogP contribution in [0.4, 0.5) is 4.79 Å². The summed E-state index contributed by atoms with van der Waals surface area (Å²) in [6.45, 7) is 0.929. The van der Waals surface area contributed by atoms with Gasteiger partial charge in [0.05, 0.1) is 7.11 Å². The summed E-state index contributed by atoms with van der Waals surface area (Å²) >= 11 is 0. The number of ether oxygens (including phenoxy) is 1. The molecular weight excluding hydrogens is 208 g/mol. The Morgan fingerprint density at radius 3 is 2.36 bits per heavy atom. The van der Waals surface area contributed by atoms with Gasteiger partial charge in [-0.2, -0.15) is 12.7 Å². The number of hydrogen-bond acceptors (Lipinski definition) is 4. The zero-order chi connectivity index (χ0) is 10.6. The van der Waals surface area contributed by atoms with Crippen LogP contribution >= 0.6 is 0 Å². The number of rotatable bonds is 2. The smallest absolute Gasteiger partial charge is 0.421 e. The van der Waals surface area contributed by atoms with Crippen molar-refractivity contribution >= 4 is 16.3 Å². The van der Waals surface area contributed by atoms with Crippen LogP contribution in [0.2, 0.25) is 0 Å². The molecule has 1 aliphatic heterocycles. The minimum atomic E-state index is -3.69. The Morgan fingerprint density at radius 2 is 1.86 bits per heavy atom. The molecule has 1 rings (SSSR count). The first kappa shape index (κ1) is 11.3. The highest BCUT2D eigenvalue weighted by molar-refractivity contribution is 7.87. The van der Waals surface area contributed by atoms with Gasteiger partial charge in [-0.3, -0.25) is 0 Å². The van der Waals surface area contributed by atoms with Crippen molar-refractivity contribution in [3.8, 4) is 0 Å². The maximum Gasteiger partial charge on any atom is 0.421 e. The van der Waals surface area contributed by atoms with Crippen molar-refractivity contribution in [2.45, 2.75) is 19.3 Å². The van der Waals surface area contributed by atoms with Crippen LogP contribution < -0.4 is 4.72 Å². The predicted octanol–water partition coefficient (Wildman–Crippen LogP) is 0.0731. The summed E-state index contributed by atoms with van der Waals surface area (Å²) in [5, 5.41) is 0. The van der Waals surface area contributed by atoms with E-state index < -0.39 is 16.3 Å². The third-order valence-corrected chi connectivity index (χ3v) is 3.52. The lowest BCUT2D eigenvalue weighted by molar-refractivity contribution is 0.176. The molecule has 1 heterocycles. The zero-order valence-electron chi connectivity index (χ0n) is 8.02. The maximum absolute atomic E-state index is 11.5. The molecule has 0 bridgehead atoms. The van der Waals surface area contributed by atoms with E-state index in [-0.39, 0.29) is 0 Å². The molecule has 1 N–H and O–H groups in total. The van der Waals surface area contributed by atoms with E-state index in [1.165, 1.54) is 4.31 Å². The van der Waals surface area contributed by atoms with Gasteiger partial charge in [-0.15, -0.1) is 0 Å². The summed E-state index contributed by atoms with van der Waals surface area (Å²) in [5.74, 6) is 0. The van der Waals surface area contributed by atoms with Crippen molar-refractivity contribution in [1.29, 1.82) is 0 Å². The molecule has 6 nitrogen and oxygen atoms in total. The van der Waals surface area contributed by atoms with E-state index in [1.54, 1.807) is 0 Å². The van der Waals surface area contributed by atoms with Gasteiger partial charge in [0, 0.05) is 13.1 Å². The molecule has 0 unspecified atom stereocenters. The number of methoxy groups -OCH3 is 1. The molecule has 1 saturated heterocycles. The van der Waals surface area contributed by atoms with Crippen LogP contribution in [0, 0.1) is 0 Å². The minimum absolute atomic E-state index is 0.465. The van der Waals surface area contributed by atoms with Crippen molar-refractivity contribution in [2.75, 3.05) is 20.2 Å². The molecule has 7 heteroatoms. The highest BCUT2D eigenvalue weighted by Gasteiger charge is 2.25. The molecule has 0 aromatic carbocycles. The third kappa shape index (κ3) is 2.85. The lowest BCUT2D eigenvalue weighted by Crippen LogP contribution is -2.45. The van der Waals surface area contributed by atoms with Gasteiger partial charge in [-0.05, 0) is 12.8 Å². The van der Waals surface area contributed by atoms with E-state index >= 15 is 0 Å². The van der Waals surface area contributed by atoms with Crippen LogP contribution in [0.5, 0.6) is 0 Å². The largest absolute Gasteiger partial charge is 0.452 e. The van der Waals surface area contributed by atoms with Gasteiger partial charge in [0.25, 0.3) is 0 Å². The van der Waals surface area contributed by atoms with E-state index in [9.17, 15) is 13.2 Å². The normalized spacial score (nSPS) is 18.9. The predicted molar refractivity (Wildman–Crippen MR) is 49.9 cm³/mol. The van der Waals surface area contributed by atoms with Crippen molar-refractivity contribution in [3.63, 3.8) is 0 Å². The Kier molecular flexibility index (Phi) is 3.70.